The smallest absolute Gasteiger partial charge is 0.251 e. The van der Waals surface area contributed by atoms with E-state index in [0.29, 0.717) is 39.7 Å². The maximum Gasteiger partial charge on any atom is 0.251 e. The van der Waals surface area contributed by atoms with Gasteiger partial charge in [0.1, 0.15) is 11.6 Å². The van der Waals surface area contributed by atoms with E-state index in [0.717, 1.165) is 34.7 Å². The normalized spacial score (nSPS) is 10.9. The largest absolute Gasteiger partial charge is 0.494 e. The van der Waals surface area contributed by atoms with Crippen molar-refractivity contribution in [1.29, 1.82) is 0 Å². The maximum atomic E-state index is 13.6. The number of benzene rings is 2. The molecule has 0 aliphatic rings. The summed E-state index contributed by atoms with van der Waals surface area (Å²) >= 11 is 4.02. The summed E-state index contributed by atoms with van der Waals surface area (Å²) in [5.41, 5.74) is 1.07. The molecule has 0 radical (unpaired) electrons. The highest BCUT2D eigenvalue weighted by Crippen LogP contribution is 2.26. The maximum absolute atomic E-state index is 13.6. The minimum Gasteiger partial charge on any atom is -0.494 e. The molecule has 14 heteroatoms. The molecule has 2 aromatic heterocycles. The number of nitrogens with one attached hydrogen (secondary N) is 2. The minimum atomic E-state index is -0.389. The lowest BCUT2D eigenvalue weighted by atomic mass is 10.2. The predicted octanol–water partition coefficient (Wildman–Crippen LogP) is 5.21. The van der Waals surface area contributed by atoms with Crippen molar-refractivity contribution in [2.45, 2.75) is 42.7 Å². The van der Waals surface area contributed by atoms with Gasteiger partial charge in [0.25, 0.3) is 5.91 Å². The highest BCUT2D eigenvalue weighted by Gasteiger charge is 2.18. The van der Waals surface area contributed by atoms with E-state index < -0.39 is 0 Å². The number of amides is 2. The quantitative estimate of drug-likeness (QED) is 0.114. The number of carbonyl (C=O) groups excluding carboxylic acids is 2. The van der Waals surface area contributed by atoms with Gasteiger partial charge in [-0.1, -0.05) is 55.1 Å². The number of carbonyl (C=O) groups is 2. The number of halogens is 1. The molecule has 210 valence electrons. The Balaban J connectivity index is 1.42. The third kappa shape index (κ3) is 8.26. The van der Waals surface area contributed by atoms with Crippen LogP contribution >= 0.6 is 34.9 Å². The van der Waals surface area contributed by atoms with Crippen molar-refractivity contribution < 1.29 is 18.7 Å². The summed E-state index contributed by atoms with van der Waals surface area (Å²) in [5, 5.41) is 22.9. The number of rotatable bonds is 14. The van der Waals surface area contributed by atoms with E-state index >= 15 is 0 Å². The van der Waals surface area contributed by atoms with E-state index in [2.05, 4.69) is 38.0 Å². The second-order valence-electron chi connectivity index (χ2n) is 8.26. The molecule has 2 aromatic carbocycles. The van der Waals surface area contributed by atoms with Gasteiger partial charge in [-0.05, 0) is 60.7 Å². The Bertz CT molecular complexity index is 1410. The zero-order valence-corrected chi connectivity index (χ0v) is 24.4. The summed E-state index contributed by atoms with van der Waals surface area (Å²) in [6.07, 6.45) is 2.00. The first-order valence-corrected chi connectivity index (χ1v) is 15.4. The van der Waals surface area contributed by atoms with E-state index in [1.54, 1.807) is 52.7 Å². The molecule has 0 fully saturated rings. The molecule has 0 aliphatic heterocycles. The average Bonchev–Trinajstić information content (AvgIpc) is 3.58. The lowest BCUT2D eigenvalue weighted by molar-refractivity contribution is -0.113. The number of thioether (sulfide) groups is 2. The van der Waals surface area contributed by atoms with Gasteiger partial charge in [-0.15, -0.1) is 20.4 Å². The third-order valence-corrected chi connectivity index (χ3v) is 8.11. The molecule has 0 aliphatic carbocycles. The van der Waals surface area contributed by atoms with Crippen molar-refractivity contribution >= 4 is 51.8 Å². The number of nitrogens with zero attached hydrogens (tertiary/aromatic N) is 5. The van der Waals surface area contributed by atoms with Crippen LogP contribution in [0.1, 0.15) is 42.9 Å². The molecule has 2 amide bonds. The fraction of sp³-hybridized carbons (Fsp3) is 0.308. The van der Waals surface area contributed by atoms with E-state index in [1.165, 1.54) is 23.5 Å². The fourth-order valence-corrected chi connectivity index (χ4v) is 5.82. The SMILES string of the molecule is CCCCOc1ccc(C(=O)NCc2nnc(SCC(=O)Nc3nnc(SCC)s3)n2-c2ccc(F)cc2)cc1. The molecular weight excluding hydrogens is 574 g/mol. The van der Waals surface area contributed by atoms with Crippen LogP contribution in [0.15, 0.2) is 58.0 Å². The zero-order chi connectivity index (χ0) is 28.3. The average molecular weight is 602 g/mol. The summed E-state index contributed by atoms with van der Waals surface area (Å²) in [4.78, 5) is 25.3. The monoisotopic (exact) mass is 601 g/mol. The molecule has 40 heavy (non-hydrogen) atoms. The van der Waals surface area contributed by atoms with E-state index in [4.69, 9.17) is 4.74 Å². The van der Waals surface area contributed by atoms with Crippen molar-refractivity contribution in [1.82, 2.24) is 30.3 Å². The molecule has 0 atom stereocenters. The van der Waals surface area contributed by atoms with E-state index in [9.17, 15) is 14.0 Å². The Labute approximate surface area is 243 Å². The van der Waals surface area contributed by atoms with E-state index in [1.807, 2.05) is 6.92 Å². The third-order valence-electron chi connectivity index (χ3n) is 5.33. The number of ether oxygens (including phenoxy) is 1. The molecule has 0 spiro atoms. The van der Waals surface area contributed by atoms with Crippen LogP contribution < -0.4 is 15.4 Å². The van der Waals surface area contributed by atoms with Crippen LogP contribution in [0.25, 0.3) is 5.69 Å². The van der Waals surface area contributed by atoms with Gasteiger partial charge < -0.3 is 10.1 Å². The Morgan fingerprint density at radius 1 is 1.00 bits per heavy atom. The van der Waals surface area contributed by atoms with Gasteiger partial charge in [-0.25, -0.2) is 4.39 Å². The molecule has 0 bridgehead atoms. The fourth-order valence-electron chi connectivity index (χ4n) is 3.38. The highest BCUT2D eigenvalue weighted by molar-refractivity contribution is 8.01. The van der Waals surface area contributed by atoms with Crippen molar-refractivity contribution in [3.63, 3.8) is 0 Å². The molecular formula is C26H28FN7O3S3. The van der Waals surface area contributed by atoms with Crippen LogP contribution in [-0.2, 0) is 11.3 Å². The first-order valence-electron chi connectivity index (χ1n) is 12.6. The summed E-state index contributed by atoms with van der Waals surface area (Å²) < 4.78 is 21.7. The van der Waals surface area contributed by atoms with Gasteiger partial charge in [0, 0.05) is 11.3 Å². The molecule has 0 saturated heterocycles. The lowest BCUT2D eigenvalue weighted by Gasteiger charge is -2.11. The number of hydrogen-bond donors (Lipinski definition) is 2. The van der Waals surface area contributed by atoms with Crippen LogP contribution in [0.2, 0.25) is 0 Å². The van der Waals surface area contributed by atoms with Crippen LogP contribution in [-0.4, -0.2) is 54.9 Å². The molecule has 4 rings (SSSR count). The molecule has 2 heterocycles. The number of aromatic nitrogens is 5. The summed E-state index contributed by atoms with van der Waals surface area (Å²) in [5.74, 6) is 1.07. The second-order valence-corrected chi connectivity index (χ2v) is 11.7. The first-order chi connectivity index (χ1) is 19.5. The molecule has 10 nitrogen and oxygen atoms in total. The Morgan fingerprint density at radius 3 is 2.50 bits per heavy atom. The van der Waals surface area contributed by atoms with Crippen LogP contribution in [0.3, 0.4) is 0 Å². The standard InChI is InChI=1S/C26H28FN7O3S3/c1-3-5-14-37-20-12-6-17(7-13-20)23(36)28-15-21-30-32-25(34(21)19-10-8-18(27)9-11-19)39-16-22(35)29-24-31-33-26(40-24)38-4-2/h6-13H,3-5,14-16H2,1-2H3,(H,28,36)(H,29,31,35). The zero-order valence-electron chi connectivity index (χ0n) is 21.9. The van der Waals surface area contributed by atoms with Gasteiger partial charge in [0.15, 0.2) is 15.3 Å². The van der Waals surface area contributed by atoms with Gasteiger partial charge in [-0.3, -0.25) is 19.5 Å². The number of anilines is 1. The van der Waals surface area contributed by atoms with E-state index in [-0.39, 0.29) is 29.9 Å². The summed E-state index contributed by atoms with van der Waals surface area (Å²) in [7, 11) is 0. The van der Waals surface area contributed by atoms with Gasteiger partial charge in [0.05, 0.1) is 18.9 Å². The number of hydrogen-bond acceptors (Lipinski definition) is 10. The van der Waals surface area contributed by atoms with Gasteiger partial charge in [0.2, 0.25) is 11.0 Å². The van der Waals surface area contributed by atoms with Crippen LogP contribution in [0, 0.1) is 5.82 Å². The van der Waals surface area contributed by atoms with Gasteiger partial charge >= 0.3 is 0 Å². The summed E-state index contributed by atoms with van der Waals surface area (Å²) in [6.45, 7) is 4.80. The van der Waals surface area contributed by atoms with Crippen molar-refractivity contribution in [2.75, 3.05) is 23.4 Å². The summed E-state index contributed by atoms with van der Waals surface area (Å²) in [6, 6.07) is 12.7. The lowest BCUT2D eigenvalue weighted by Crippen LogP contribution is -2.24. The first kappa shape index (κ1) is 29.5. The molecule has 0 unspecified atom stereocenters. The van der Waals surface area contributed by atoms with Crippen molar-refractivity contribution in [3.05, 3.63) is 65.7 Å². The molecule has 0 saturated carbocycles. The highest BCUT2D eigenvalue weighted by atomic mass is 32.2. The minimum absolute atomic E-state index is 0.0359. The van der Waals surface area contributed by atoms with Gasteiger partial charge in [-0.2, -0.15) is 0 Å². The topological polar surface area (TPSA) is 124 Å². The van der Waals surface area contributed by atoms with Crippen molar-refractivity contribution in [2.24, 2.45) is 0 Å². The second kappa shape index (κ2) is 14.8. The van der Waals surface area contributed by atoms with Crippen LogP contribution in [0.5, 0.6) is 5.75 Å². The predicted molar refractivity (Wildman–Crippen MR) is 155 cm³/mol. The van der Waals surface area contributed by atoms with Crippen LogP contribution in [0.4, 0.5) is 9.52 Å². The Hall–Kier alpha value is -3.49. The molecule has 2 N–H and O–H groups in total. The number of unbranched alkanes of at least 4 members (excludes halogenated alkanes) is 1. The Kier molecular flexibility index (Phi) is 10.9. The molecule has 4 aromatic rings. The van der Waals surface area contributed by atoms with Crippen molar-refractivity contribution in [3.8, 4) is 11.4 Å². The Morgan fingerprint density at radius 2 is 1.77 bits per heavy atom.